The predicted molar refractivity (Wildman–Crippen MR) is 172 cm³/mol. The van der Waals surface area contributed by atoms with Crippen LogP contribution < -0.4 is 10.6 Å². The summed E-state index contributed by atoms with van der Waals surface area (Å²) >= 11 is 3.08. The van der Waals surface area contributed by atoms with Crippen LogP contribution in [0.2, 0.25) is 0 Å². The van der Waals surface area contributed by atoms with E-state index < -0.39 is 0 Å². The minimum atomic E-state index is -0.254. The van der Waals surface area contributed by atoms with Gasteiger partial charge in [0, 0.05) is 52.4 Å². The third-order valence-corrected chi connectivity index (χ3v) is 10.6. The Labute approximate surface area is 266 Å². The summed E-state index contributed by atoms with van der Waals surface area (Å²) in [5.74, 6) is 1.32. The molecule has 10 nitrogen and oxygen atoms in total. The van der Waals surface area contributed by atoms with Crippen LogP contribution in [0.25, 0.3) is 0 Å². The lowest BCUT2D eigenvalue weighted by Crippen LogP contribution is -2.43. The van der Waals surface area contributed by atoms with Crippen LogP contribution in [0.5, 0.6) is 0 Å². The molecule has 3 atom stereocenters. The molecule has 2 aliphatic heterocycles. The van der Waals surface area contributed by atoms with Crippen molar-refractivity contribution in [2.24, 2.45) is 5.41 Å². The van der Waals surface area contributed by atoms with E-state index in [4.69, 9.17) is 0 Å². The van der Waals surface area contributed by atoms with Gasteiger partial charge in [0.05, 0.1) is 10.5 Å². The summed E-state index contributed by atoms with van der Waals surface area (Å²) in [6.45, 7) is 7.02. The Bertz CT molecular complexity index is 986. The van der Waals surface area contributed by atoms with E-state index in [1.807, 2.05) is 0 Å². The van der Waals surface area contributed by atoms with E-state index in [0.717, 1.165) is 69.3 Å². The topological polar surface area (TPSA) is 133 Å². The zero-order valence-corrected chi connectivity index (χ0v) is 28.3. The van der Waals surface area contributed by atoms with E-state index in [9.17, 15) is 28.8 Å². The van der Waals surface area contributed by atoms with Crippen molar-refractivity contribution in [1.29, 1.82) is 0 Å². The van der Waals surface area contributed by atoms with Crippen molar-refractivity contribution in [2.75, 3.05) is 32.1 Å². The molecule has 2 aliphatic rings. The van der Waals surface area contributed by atoms with Crippen molar-refractivity contribution in [1.82, 2.24) is 20.4 Å². The van der Waals surface area contributed by atoms with Gasteiger partial charge >= 0.3 is 0 Å². The average molecular weight is 641 g/mol. The largest absolute Gasteiger partial charge is 0.356 e. The molecule has 2 rings (SSSR count). The number of nitrogens with zero attached hydrogens (tertiary/aromatic N) is 2. The number of hydrogen-bond acceptors (Lipinski definition) is 8. The molecular weight excluding hydrogens is 588 g/mol. The van der Waals surface area contributed by atoms with Gasteiger partial charge in [0.15, 0.2) is 0 Å². The van der Waals surface area contributed by atoms with Crippen LogP contribution in [0, 0.1) is 5.41 Å². The summed E-state index contributed by atoms with van der Waals surface area (Å²) in [5.41, 5.74) is -0.0667. The summed E-state index contributed by atoms with van der Waals surface area (Å²) in [6.07, 6.45) is 9.43. The Morgan fingerprint density at radius 2 is 1.23 bits per heavy atom. The minimum Gasteiger partial charge on any atom is -0.356 e. The normalized spacial score (nSPS) is 19.8. The van der Waals surface area contributed by atoms with Crippen molar-refractivity contribution < 1.29 is 28.8 Å². The Morgan fingerprint density at radius 3 is 1.67 bits per heavy atom. The molecule has 6 amide bonds. The fraction of sp³-hybridized carbons (Fsp3) is 0.806. The van der Waals surface area contributed by atoms with Crippen molar-refractivity contribution in [2.45, 2.75) is 121 Å². The molecule has 244 valence electrons. The van der Waals surface area contributed by atoms with Gasteiger partial charge in [-0.2, -0.15) is 0 Å². The van der Waals surface area contributed by atoms with E-state index >= 15 is 0 Å². The standard InChI is InChI=1S/C31H52N4O6S2/c1-31(2,3)24(33-26(37)16-9-7-13-19-43-23-21-28(39)35(5)30(23)41)14-10-11-17-32-25(36)15-8-6-12-18-42-22-20-27(38)34(4)29(22)40/h22-24H,6-21H2,1-5H3,(H,32,36)(H,33,37)/t22?,23?,24-/m0/s1. The molecule has 2 unspecified atom stereocenters. The minimum absolute atomic E-state index is 0.0561. The highest BCUT2D eigenvalue weighted by Gasteiger charge is 2.36. The lowest BCUT2D eigenvalue weighted by Gasteiger charge is -2.31. The van der Waals surface area contributed by atoms with Gasteiger partial charge in [-0.1, -0.05) is 33.6 Å². The number of hydrogen-bond donors (Lipinski definition) is 2. The zero-order valence-electron chi connectivity index (χ0n) is 26.7. The molecule has 0 saturated carbocycles. The third kappa shape index (κ3) is 13.2. The molecule has 0 aliphatic carbocycles. The van der Waals surface area contributed by atoms with E-state index in [1.165, 1.54) is 47.4 Å². The Kier molecular flexibility index (Phi) is 16.1. The number of likely N-dealkylation sites (tertiary alicyclic amines) is 2. The maximum Gasteiger partial charge on any atom is 0.242 e. The predicted octanol–water partition coefficient (Wildman–Crippen LogP) is 3.91. The average Bonchev–Trinajstić information content (AvgIpc) is 3.34. The van der Waals surface area contributed by atoms with Crippen LogP contribution in [0.15, 0.2) is 0 Å². The van der Waals surface area contributed by atoms with E-state index in [-0.39, 0.29) is 57.4 Å². The van der Waals surface area contributed by atoms with E-state index in [0.29, 0.717) is 32.2 Å². The van der Waals surface area contributed by atoms with E-state index in [1.54, 1.807) is 0 Å². The summed E-state index contributed by atoms with van der Waals surface area (Å²) in [6, 6.07) is 0.0603. The Balaban J connectivity index is 1.49. The summed E-state index contributed by atoms with van der Waals surface area (Å²) in [4.78, 5) is 74.3. The number of unbranched alkanes of at least 4 members (excludes halogenated alkanes) is 5. The van der Waals surface area contributed by atoms with Crippen LogP contribution in [-0.4, -0.2) is 93.9 Å². The molecule has 0 spiro atoms. The van der Waals surface area contributed by atoms with Crippen molar-refractivity contribution in [3.05, 3.63) is 0 Å². The smallest absolute Gasteiger partial charge is 0.242 e. The summed E-state index contributed by atoms with van der Waals surface area (Å²) in [7, 11) is 3.07. The second-order valence-corrected chi connectivity index (χ2v) is 15.3. The van der Waals surface area contributed by atoms with Gasteiger partial charge in [-0.05, 0) is 61.9 Å². The number of carbonyl (C=O) groups is 6. The quantitative estimate of drug-likeness (QED) is 0.151. The van der Waals surface area contributed by atoms with Gasteiger partial charge in [-0.15, -0.1) is 23.5 Å². The molecule has 0 aromatic rings. The first kappa shape index (κ1) is 37.1. The number of imide groups is 2. The number of rotatable bonds is 20. The van der Waals surface area contributed by atoms with Crippen LogP contribution in [0.1, 0.15) is 104 Å². The maximum atomic E-state index is 12.6. The third-order valence-electron chi connectivity index (χ3n) is 8.04. The van der Waals surface area contributed by atoms with Gasteiger partial charge in [0.2, 0.25) is 35.4 Å². The molecule has 0 aromatic carbocycles. The molecule has 2 N–H and O–H groups in total. The fourth-order valence-corrected chi connectivity index (χ4v) is 7.49. The highest BCUT2D eigenvalue weighted by molar-refractivity contribution is 8.00. The van der Waals surface area contributed by atoms with Gasteiger partial charge in [-0.25, -0.2) is 0 Å². The molecule has 12 heteroatoms. The lowest BCUT2D eigenvalue weighted by molar-refractivity contribution is -0.138. The molecule has 0 aromatic heterocycles. The molecular formula is C31H52N4O6S2. The molecule has 2 saturated heterocycles. The first-order valence-corrected chi connectivity index (χ1v) is 17.8. The maximum absolute atomic E-state index is 12.6. The SMILES string of the molecule is CN1C(=O)CC(SCCCCCC(=O)NCCCC[C@H](NC(=O)CCCCCSC2CC(=O)N(C)C2=O)C(C)(C)C)C1=O. The number of nitrogens with one attached hydrogen (secondary N) is 2. The van der Waals surface area contributed by atoms with Crippen molar-refractivity contribution >= 4 is 59.0 Å². The number of carbonyl (C=O) groups excluding carboxylic acids is 6. The monoisotopic (exact) mass is 640 g/mol. The first-order chi connectivity index (χ1) is 20.3. The Morgan fingerprint density at radius 1 is 0.744 bits per heavy atom. The van der Waals surface area contributed by atoms with Gasteiger partial charge < -0.3 is 10.6 Å². The van der Waals surface area contributed by atoms with Crippen LogP contribution in [-0.2, 0) is 28.8 Å². The lowest BCUT2D eigenvalue weighted by atomic mass is 9.83. The second-order valence-electron chi connectivity index (χ2n) is 12.7. The molecule has 2 fully saturated rings. The van der Waals surface area contributed by atoms with Gasteiger partial charge in [0.1, 0.15) is 0 Å². The van der Waals surface area contributed by atoms with Crippen molar-refractivity contribution in [3.63, 3.8) is 0 Å². The summed E-state index contributed by atoms with van der Waals surface area (Å²) in [5, 5.41) is 5.71. The molecule has 2 heterocycles. The number of thioether (sulfide) groups is 2. The first-order valence-electron chi connectivity index (χ1n) is 15.7. The van der Waals surface area contributed by atoms with E-state index in [2.05, 4.69) is 31.4 Å². The van der Waals surface area contributed by atoms with Crippen LogP contribution in [0.3, 0.4) is 0 Å². The highest BCUT2D eigenvalue weighted by Crippen LogP contribution is 2.27. The van der Waals surface area contributed by atoms with Crippen molar-refractivity contribution in [3.8, 4) is 0 Å². The van der Waals surface area contributed by atoms with Gasteiger partial charge in [-0.3, -0.25) is 38.6 Å². The molecule has 43 heavy (non-hydrogen) atoms. The van der Waals surface area contributed by atoms with Gasteiger partial charge in [0.25, 0.3) is 0 Å². The zero-order chi connectivity index (χ0) is 32.0. The second kappa shape index (κ2) is 18.7. The summed E-state index contributed by atoms with van der Waals surface area (Å²) < 4.78 is 0. The molecule has 0 bridgehead atoms. The molecule has 0 radical (unpaired) electrons. The fourth-order valence-electron chi connectivity index (χ4n) is 5.06. The Hall–Kier alpha value is -2.08. The highest BCUT2D eigenvalue weighted by atomic mass is 32.2. The number of amides is 6. The van der Waals surface area contributed by atoms with Crippen LogP contribution in [0.4, 0.5) is 0 Å². The van der Waals surface area contributed by atoms with Crippen LogP contribution >= 0.6 is 23.5 Å².